The van der Waals surface area contributed by atoms with E-state index in [0.29, 0.717) is 25.6 Å². The van der Waals surface area contributed by atoms with Gasteiger partial charge in [-0.1, -0.05) is 13.8 Å². The molecule has 1 aliphatic rings. The summed E-state index contributed by atoms with van der Waals surface area (Å²) in [5, 5.41) is 24.1. The standard InChI is InChI=1S/C17H27N3O6S/c1-13(2)11-26-12-14(21)10-18-16-6-5-15(9-17(16)20(22)23)27(24,25)19-7-3-4-8-19/h5-6,9,13-14,18,21H,3-4,7-8,10-12H2,1-2H3/t14-/m0/s1. The van der Waals surface area contributed by atoms with E-state index >= 15 is 0 Å². The van der Waals surface area contributed by atoms with E-state index in [1.807, 2.05) is 13.8 Å². The maximum Gasteiger partial charge on any atom is 0.293 e. The third-order valence-electron chi connectivity index (χ3n) is 4.16. The number of hydrogen-bond acceptors (Lipinski definition) is 7. The van der Waals surface area contributed by atoms with Crippen molar-refractivity contribution in [3.8, 4) is 0 Å². The van der Waals surface area contributed by atoms with Crippen LogP contribution in [0.2, 0.25) is 0 Å². The number of nitro groups is 1. The first-order valence-electron chi connectivity index (χ1n) is 9.00. The van der Waals surface area contributed by atoms with E-state index in [9.17, 15) is 23.6 Å². The Bertz CT molecular complexity index is 747. The molecule has 152 valence electrons. The van der Waals surface area contributed by atoms with E-state index in [2.05, 4.69) is 5.32 Å². The van der Waals surface area contributed by atoms with Crippen molar-refractivity contribution in [2.45, 2.75) is 37.7 Å². The van der Waals surface area contributed by atoms with Crippen LogP contribution in [0.4, 0.5) is 11.4 Å². The van der Waals surface area contributed by atoms with Crippen molar-refractivity contribution in [1.29, 1.82) is 0 Å². The summed E-state index contributed by atoms with van der Waals surface area (Å²) in [4.78, 5) is 10.7. The summed E-state index contributed by atoms with van der Waals surface area (Å²) in [7, 11) is -3.73. The second-order valence-corrected chi connectivity index (χ2v) is 8.95. The molecule has 0 unspecified atom stereocenters. The highest BCUT2D eigenvalue weighted by Gasteiger charge is 2.29. The number of aliphatic hydroxyl groups is 1. The second-order valence-electron chi connectivity index (χ2n) is 7.01. The molecular weight excluding hydrogens is 374 g/mol. The zero-order valence-corrected chi connectivity index (χ0v) is 16.4. The maximum atomic E-state index is 12.6. The van der Waals surface area contributed by atoms with Gasteiger partial charge in [0, 0.05) is 32.3 Å². The zero-order chi connectivity index (χ0) is 20.0. The number of ether oxygens (including phenoxy) is 1. The second kappa shape index (κ2) is 9.45. The molecule has 1 aliphatic heterocycles. The number of nitro benzene ring substituents is 1. The van der Waals surface area contributed by atoms with Gasteiger partial charge in [0.1, 0.15) is 5.69 Å². The molecule has 27 heavy (non-hydrogen) atoms. The van der Waals surface area contributed by atoms with Crippen LogP contribution in [-0.2, 0) is 14.8 Å². The molecule has 0 aliphatic carbocycles. The average molecular weight is 401 g/mol. The lowest BCUT2D eigenvalue weighted by atomic mass is 10.2. The Morgan fingerprint density at radius 3 is 2.56 bits per heavy atom. The largest absolute Gasteiger partial charge is 0.389 e. The Kier molecular flexibility index (Phi) is 7.54. The predicted molar refractivity (Wildman–Crippen MR) is 101 cm³/mol. The van der Waals surface area contributed by atoms with Crippen molar-refractivity contribution in [1.82, 2.24) is 4.31 Å². The fraction of sp³-hybridized carbons (Fsp3) is 0.647. The number of aliphatic hydroxyl groups excluding tert-OH is 1. The van der Waals surface area contributed by atoms with Crippen LogP contribution >= 0.6 is 0 Å². The van der Waals surface area contributed by atoms with E-state index in [1.165, 1.54) is 16.4 Å². The molecule has 0 radical (unpaired) electrons. The normalized spacial score (nSPS) is 16.6. The maximum absolute atomic E-state index is 12.6. The van der Waals surface area contributed by atoms with Gasteiger partial charge in [-0.2, -0.15) is 4.31 Å². The van der Waals surface area contributed by atoms with Crippen molar-refractivity contribution < 1.29 is 23.2 Å². The van der Waals surface area contributed by atoms with Crippen molar-refractivity contribution >= 4 is 21.4 Å². The number of anilines is 1. The van der Waals surface area contributed by atoms with E-state index < -0.39 is 21.1 Å². The van der Waals surface area contributed by atoms with Gasteiger partial charge >= 0.3 is 0 Å². The van der Waals surface area contributed by atoms with Crippen molar-refractivity contribution in [3.63, 3.8) is 0 Å². The lowest BCUT2D eigenvalue weighted by molar-refractivity contribution is -0.384. The summed E-state index contributed by atoms with van der Waals surface area (Å²) >= 11 is 0. The number of benzene rings is 1. The van der Waals surface area contributed by atoms with Crippen molar-refractivity contribution in [2.24, 2.45) is 5.92 Å². The molecule has 0 saturated carbocycles. The zero-order valence-electron chi connectivity index (χ0n) is 15.6. The third-order valence-corrected chi connectivity index (χ3v) is 6.05. The van der Waals surface area contributed by atoms with Gasteiger partial charge in [-0.25, -0.2) is 8.42 Å². The van der Waals surface area contributed by atoms with Crippen LogP contribution in [0.3, 0.4) is 0 Å². The summed E-state index contributed by atoms with van der Waals surface area (Å²) in [5.74, 6) is 0.344. The molecule has 2 N–H and O–H groups in total. The van der Waals surface area contributed by atoms with Crippen LogP contribution in [0.25, 0.3) is 0 Å². The van der Waals surface area contributed by atoms with Gasteiger partial charge in [-0.05, 0) is 30.9 Å². The molecule has 0 amide bonds. The summed E-state index contributed by atoms with van der Waals surface area (Å²) in [6, 6.07) is 3.78. The van der Waals surface area contributed by atoms with Crippen LogP contribution < -0.4 is 5.32 Å². The first kappa shape index (κ1) is 21.5. The quantitative estimate of drug-likeness (QED) is 0.453. The molecule has 1 aromatic rings. The van der Waals surface area contributed by atoms with Crippen molar-refractivity contribution in [3.05, 3.63) is 28.3 Å². The number of nitrogens with zero attached hydrogens (tertiary/aromatic N) is 2. The molecule has 0 bridgehead atoms. The molecule has 10 heteroatoms. The van der Waals surface area contributed by atoms with E-state index in [1.54, 1.807) is 0 Å². The summed E-state index contributed by atoms with van der Waals surface area (Å²) in [6.45, 7) is 5.52. The van der Waals surface area contributed by atoms with Crippen molar-refractivity contribution in [2.75, 3.05) is 38.2 Å². The van der Waals surface area contributed by atoms with Gasteiger partial charge in [0.15, 0.2) is 0 Å². The lowest BCUT2D eigenvalue weighted by Crippen LogP contribution is -2.28. The third kappa shape index (κ3) is 5.86. The van der Waals surface area contributed by atoms with Crippen LogP contribution in [0.15, 0.2) is 23.1 Å². The molecule has 2 rings (SSSR count). The molecular formula is C17H27N3O6S. The lowest BCUT2D eigenvalue weighted by Gasteiger charge is -2.17. The van der Waals surface area contributed by atoms with Gasteiger partial charge in [-0.15, -0.1) is 0 Å². The Balaban J connectivity index is 2.08. The monoisotopic (exact) mass is 401 g/mol. The smallest absolute Gasteiger partial charge is 0.293 e. The van der Waals surface area contributed by atoms with E-state index in [0.717, 1.165) is 18.9 Å². The van der Waals surface area contributed by atoms with Gasteiger partial charge in [0.25, 0.3) is 5.69 Å². The summed E-state index contributed by atoms with van der Waals surface area (Å²) in [5.41, 5.74) is -0.186. The van der Waals surface area contributed by atoms with Gasteiger partial charge in [0.05, 0.1) is 22.5 Å². The van der Waals surface area contributed by atoms with Crippen LogP contribution in [0, 0.1) is 16.0 Å². The molecule has 9 nitrogen and oxygen atoms in total. The molecule has 0 spiro atoms. The van der Waals surface area contributed by atoms with E-state index in [-0.39, 0.29) is 29.4 Å². The highest BCUT2D eigenvalue weighted by molar-refractivity contribution is 7.89. The minimum atomic E-state index is -3.73. The average Bonchev–Trinajstić information content (AvgIpc) is 3.14. The molecule has 1 atom stereocenters. The summed E-state index contributed by atoms with van der Waals surface area (Å²) < 4.78 is 31.8. The molecule has 1 aromatic carbocycles. The molecule has 1 saturated heterocycles. The van der Waals surface area contributed by atoms with Gasteiger partial charge in [0.2, 0.25) is 10.0 Å². The first-order chi connectivity index (χ1) is 12.7. The molecule has 1 heterocycles. The fourth-order valence-corrected chi connectivity index (χ4v) is 4.31. The highest BCUT2D eigenvalue weighted by Crippen LogP contribution is 2.30. The Morgan fingerprint density at radius 2 is 1.96 bits per heavy atom. The fourth-order valence-electron chi connectivity index (χ4n) is 2.78. The van der Waals surface area contributed by atoms with Gasteiger partial charge in [-0.3, -0.25) is 10.1 Å². The number of sulfonamides is 1. The SMILES string of the molecule is CC(C)COC[C@@H](O)CNc1ccc(S(=O)(=O)N2CCCC2)cc1[N+](=O)[O-]. The van der Waals surface area contributed by atoms with E-state index in [4.69, 9.17) is 4.74 Å². The number of nitrogens with one attached hydrogen (secondary N) is 1. The predicted octanol–water partition coefficient (Wildman–Crippen LogP) is 1.82. The molecule has 0 aromatic heterocycles. The highest BCUT2D eigenvalue weighted by atomic mass is 32.2. The van der Waals surface area contributed by atoms with Crippen LogP contribution in [0.1, 0.15) is 26.7 Å². The Labute approximate surface area is 159 Å². The van der Waals surface area contributed by atoms with Crippen LogP contribution in [0.5, 0.6) is 0 Å². The number of hydrogen-bond donors (Lipinski definition) is 2. The van der Waals surface area contributed by atoms with Gasteiger partial charge < -0.3 is 15.2 Å². The number of rotatable bonds is 10. The topological polar surface area (TPSA) is 122 Å². The minimum absolute atomic E-state index is 0.0527. The Hall–Kier alpha value is -1.75. The molecule has 1 fully saturated rings. The minimum Gasteiger partial charge on any atom is -0.389 e. The Morgan fingerprint density at radius 1 is 1.30 bits per heavy atom. The summed E-state index contributed by atoms with van der Waals surface area (Å²) in [6.07, 6.45) is 0.742. The first-order valence-corrected chi connectivity index (χ1v) is 10.4. The van der Waals surface area contributed by atoms with Crippen LogP contribution in [-0.4, -0.2) is 61.7 Å².